The third kappa shape index (κ3) is 5.05. The fourth-order valence-corrected chi connectivity index (χ4v) is 3.93. The molecule has 2 amide bonds. The molecule has 1 fully saturated rings. The molecule has 3 heterocycles. The number of nitrogens with zero attached hydrogens (tertiary/aromatic N) is 3. The standard InChI is InChI=1S/C20H28N4OS/c1-20(2,3)24-9-6-18(14-24)22-19(25)23(13-17-7-10-26-15-17)12-16-5-4-8-21-11-16/h4-5,7-8,10-11,15,18H,6,9,12-14H2,1-3H3,(H,22,25)/t18-/m1/s1. The molecule has 0 radical (unpaired) electrons. The van der Waals surface area contributed by atoms with Crippen LogP contribution in [-0.2, 0) is 13.1 Å². The second-order valence-electron chi connectivity index (χ2n) is 7.90. The van der Waals surface area contributed by atoms with Gasteiger partial charge >= 0.3 is 6.03 Å². The number of likely N-dealkylation sites (tertiary alicyclic amines) is 1. The van der Waals surface area contributed by atoms with Crippen molar-refractivity contribution in [1.82, 2.24) is 20.1 Å². The van der Waals surface area contributed by atoms with Crippen LogP contribution in [-0.4, -0.2) is 45.5 Å². The third-order valence-electron chi connectivity index (χ3n) is 4.80. The minimum Gasteiger partial charge on any atom is -0.334 e. The minimum absolute atomic E-state index is 0.000752. The third-order valence-corrected chi connectivity index (χ3v) is 5.53. The summed E-state index contributed by atoms with van der Waals surface area (Å²) in [5.74, 6) is 0. The van der Waals surface area contributed by atoms with Crippen LogP contribution in [0.1, 0.15) is 38.3 Å². The Hall–Kier alpha value is -1.92. The van der Waals surface area contributed by atoms with Crippen LogP contribution in [0.5, 0.6) is 0 Å². The summed E-state index contributed by atoms with van der Waals surface area (Å²) >= 11 is 1.66. The molecule has 26 heavy (non-hydrogen) atoms. The molecule has 140 valence electrons. The number of urea groups is 1. The average molecular weight is 373 g/mol. The lowest BCUT2D eigenvalue weighted by Gasteiger charge is -2.32. The number of rotatable bonds is 5. The molecule has 3 rings (SSSR count). The van der Waals surface area contributed by atoms with Gasteiger partial charge in [0.2, 0.25) is 0 Å². The van der Waals surface area contributed by atoms with Crippen molar-refractivity contribution >= 4 is 17.4 Å². The first kappa shape index (κ1) is 18.9. The number of pyridine rings is 1. The fourth-order valence-electron chi connectivity index (χ4n) is 3.27. The Bertz CT molecular complexity index is 696. The maximum Gasteiger partial charge on any atom is 0.318 e. The van der Waals surface area contributed by atoms with Crippen LogP contribution < -0.4 is 5.32 Å². The van der Waals surface area contributed by atoms with Gasteiger partial charge < -0.3 is 10.2 Å². The first-order valence-electron chi connectivity index (χ1n) is 9.12. The Morgan fingerprint density at radius 1 is 1.35 bits per heavy atom. The normalized spacial score (nSPS) is 18.0. The van der Waals surface area contributed by atoms with Crippen LogP contribution in [0.15, 0.2) is 41.4 Å². The van der Waals surface area contributed by atoms with Crippen molar-refractivity contribution in [3.8, 4) is 0 Å². The number of hydrogen-bond donors (Lipinski definition) is 1. The van der Waals surface area contributed by atoms with Crippen LogP contribution in [0, 0.1) is 0 Å². The smallest absolute Gasteiger partial charge is 0.318 e. The van der Waals surface area contributed by atoms with E-state index in [4.69, 9.17) is 0 Å². The molecule has 0 saturated carbocycles. The Balaban J connectivity index is 1.65. The van der Waals surface area contributed by atoms with E-state index in [1.807, 2.05) is 28.6 Å². The lowest BCUT2D eigenvalue weighted by Crippen LogP contribution is -2.47. The van der Waals surface area contributed by atoms with Crippen LogP contribution in [0.3, 0.4) is 0 Å². The van der Waals surface area contributed by atoms with Crippen LogP contribution in [0.4, 0.5) is 4.79 Å². The highest BCUT2D eigenvalue weighted by Crippen LogP contribution is 2.21. The number of aromatic nitrogens is 1. The van der Waals surface area contributed by atoms with Gasteiger partial charge in [-0.3, -0.25) is 9.88 Å². The van der Waals surface area contributed by atoms with Crippen LogP contribution >= 0.6 is 11.3 Å². The molecule has 1 saturated heterocycles. The SMILES string of the molecule is CC(C)(C)N1CC[C@@H](NC(=O)N(Cc2cccnc2)Cc2ccsc2)C1. The van der Waals surface area contributed by atoms with Crippen molar-refractivity contribution in [2.45, 2.75) is 51.9 Å². The fraction of sp³-hybridized carbons (Fsp3) is 0.500. The lowest BCUT2D eigenvalue weighted by atomic mass is 10.1. The summed E-state index contributed by atoms with van der Waals surface area (Å²) in [5.41, 5.74) is 2.35. The number of carbonyl (C=O) groups is 1. The molecule has 0 aromatic carbocycles. The van der Waals surface area contributed by atoms with Crippen molar-refractivity contribution in [3.05, 3.63) is 52.5 Å². The highest BCUT2D eigenvalue weighted by Gasteiger charge is 2.31. The van der Waals surface area contributed by atoms with Gasteiger partial charge in [0.25, 0.3) is 0 Å². The first-order valence-corrected chi connectivity index (χ1v) is 10.1. The summed E-state index contributed by atoms with van der Waals surface area (Å²) in [5, 5.41) is 7.39. The lowest BCUT2D eigenvalue weighted by molar-refractivity contribution is 0.165. The predicted octanol–water partition coefficient (Wildman–Crippen LogP) is 3.73. The highest BCUT2D eigenvalue weighted by atomic mass is 32.1. The van der Waals surface area contributed by atoms with Gasteiger partial charge in [0.05, 0.1) is 0 Å². The van der Waals surface area contributed by atoms with Crippen molar-refractivity contribution < 1.29 is 4.79 Å². The van der Waals surface area contributed by atoms with Crippen LogP contribution in [0.2, 0.25) is 0 Å². The molecule has 1 aliphatic rings. The van der Waals surface area contributed by atoms with E-state index in [2.05, 4.69) is 47.4 Å². The molecule has 6 heteroatoms. The monoisotopic (exact) mass is 372 g/mol. The maximum absolute atomic E-state index is 13.0. The van der Waals surface area contributed by atoms with Crippen molar-refractivity contribution in [2.24, 2.45) is 0 Å². The van der Waals surface area contributed by atoms with Gasteiger partial charge in [-0.25, -0.2) is 4.79 Å². The van der Waals surface area contributed by atoms with Gasteiger partial charge in [-0.05, 0) is 61.2 Å². The van der Waals surface area contributed by atoms with Gasteiger partial charge in [-0.15, -0.1) is 0 Å². The molecule has 0 bridgehead atoms. The molecule has 5 nitrogen and oxygen atoms in total. The van der Waals surface area contributed by atoms with Crippen molar-refractivity contribution in [2.75, 3.05) is 13.1 Å². The zero-order chi connectivity index (χ0) is 18.6. The Kier molecular flexibility index (Phi) is 5.94. The topological polar surface area (TPSA) is 48.5 Å². The zero-order valence-corrected chi connectivity index (χ0v) is 16.6. The molecular weight excluding hydrogens is 344 g/mol. The summed E-state index contributed by atoms with van der Waals surface area (Å²) in [6, 6.07) is 6.21. The maximum atomic E-state index is 13.0. The van der Waals surface area contributed by atoms with E-state index < -0.39 is 0 Å². The molecule has 1 N–H and O–H groups in total. The van der Waals surface area contributed by atoms with E-state index in [9.17, 15) is 4.79 Å². The molecule has 0 spiro atoms. The Morgan fingerprint density at radius 3 is 2.77 bits per heavy atom. The zero-order valence-electron chi connectivity index (χ0n) is 15.8. The Labute approximate surface area is 160 Å². The van der Waals surface area contributed by atoms with E-state index in [-0.39, 0.29) is 17.6 Å². The van der Waals surface area contributed by atoms with Gasteiger partial charge in [0.15, 0.2) is 0 Å². The molecule has 1 atom stereocenters. The van der Waals surface area contributed by atoms with E-state index in [1.165, 1.54) is 0 Å². The van der Waals surface area contributed by atoms with E-state index in [0.29, 0.717) is 13.1 Å². The summed E-state index contributed by atoms with van der Waals surface area (Å²) < 4.78 is 0. The molecule has 2 aromatic heterocycles. The van der Waals surface area contributed by atoms with Crippen LogP contribution in [0.25, 0.3) is 0 Å². The highest BCUT2D eigenvalue weighted by molar-refractivity contribution is 7.07. The molecule has 0 aliphatic carbocycles. The quantitative estimate of drug-likeness (QED) is 0.870. The van der Waals surface area contributed by atoms with Gasteiger partial charge in [0, 0.05) is 50.2 Å². The van der Waals surface area contributed by atoms with Crippen molar-refractivity contribution in [3.63, 3.8) is 0 Å². The van der Waals surface area contributed by atoms with E-state index >= 15 is 0 Å². The largest absolute Gasteiger partial charge is 0.334 e. The van der Waals surface area contributed by atoms with Gasteiger partial charge in [-0.2, -0.15) is 11.3 Å². The number of thiophene rings is 1. The van der Waals surface area contributed by atoms with E-state index in [1.54, 1.807) is 17.5 Å². The molecule has 1 aliphatic heterocycles. The molecular formula is C20H28N4OS. The number of carbonyl (C=O) groups excluding carboxylic acids is 1. The summed E-state index contributed by atoms with van der Waals surface area (Å²) in [7, 11) is 0. The summed E-state index contributed by atoms with van der Waals surface area (Å²) in [6.07, 6.45) is 4.58. The second-order valence-corrected chi connectivity index (χ2v) is 8.68. The predicted molar refractivity (Wildman–Crippen MR) is 106 cm³/mol. The number of hydrogen-bond acceptors (Lipinski definition) is 4. The molecule has 2 aromatic rings. The van der Waals surface area contributed by atoms with Gasteiger partial charge in [-0.1, -0.05) is 6.07 Å². The average Bonchev–Trinajstić information content (AvgIpc) is 3.26. The second kappa shape index (κ2) is 8.18. The van der Waals surface area contributed by atoms with E-state index in [0.717, 1.165) is 30.6 Å². The molecule has 0 unspecified atom stereocenters. The minimum atomic E-state index is 0.000752. The summed E-state index contributed by atoms with van der Waals surface area (Å²) in [4.78, 5) is 21.4. The number of nitrogens with one attached hydrogen (secondary N) is 1. The first-order chi connectivity index (χ1) is 12.4. The summed E-state index contributed by atoms with van der Waals surface area (Å²) in [6.45, 7) is 9.79. The van der Waals surface area contributed by atoms with Gasteiger partial charge in [0.1, 0.15) is 0 Å². The van der Waals surface area contributed by atoms with Crippen molar-refractivity contribution in [1.29, 1.82) is 0 Å². The number of amides is 2. The Morgan fingerprint density at radius 2 is 2.15 bits per heavy atom.